The summed E-state index contributed by atoms with van der Waals surface area (Å²) in [4.78, 5) is 10.9. The number of carbonyl (C=O) groups is 1. The van der Waals surface area contributed by atoms with E-state index in [1.165, 1.54) is 0 Å². The third-order valence-corrected chi connectivity index (χ3v) is 2.64. The van der Waals surface area contributed by atoms with E-state index in [0.717, 1.165) is 25.7 Å². The number of ether oxygens (including phenoxy) is 3. The SMILES string of the molecule is C=CC(=O)OC(C)OCC1(CC)COC1. The zero-order valence-corrected chi connectivity index (χ0v) is 9.32. The summed E-state index contributed by atoms with van der Waals surface area (Å²) in [6.45, 7) is 9.14. The first kappa shape index (κ1) is 12.2. The van der Waals surface area contributed by atoms with Crippen LogP contribution in [0.1, 0.15) is 20.3 Å². The second-order valence-electron chi connectivity index (χ2n) is 3.87. The summed E-state index contributed by atoms with van der Waals surface area (Å²) < 4.78 is 15.5. The maximum Gasteiger partial charge on any atom is 0.332 e. The van der Waals surface area contributed by atoms with Crippen LogP contribution in [0.15, 0.2) is 12.7 Å². The van der Waals surface area contributed by atoms with Gasteiger partial charge in [-0.15, -0.1) is 0 Å². The lowest BCUT2D eigenvalue weighted by Crippen LogP contribution is -2.46. The summed E-state index contributed by atoms with van der Waals surface area (Å²) in [7, 11) is 0. The van der Waals surface area contributed by atoms with Crippen LogP contribution < -0.4 is 0 Å². The molecule has 0 spiro atoms. The van der Waals surface area contributed by atoms with Crippen LogP contribution in [0.3, 0.4) is 0 Å². The second-order valence-corrected chi connectivity index (χ2v) is 3.87. The molecule has 4 nitrogen and oxygen atoms in total. The van der Waals surface area contributed by atoms with Crippen molar-refractivity contribution >= 4 is 5.97 Å². The maximum absolute atomic E-state index is 10.9. The predicted molar refractivity (Wildman–Crippen MR) is 55.2 cm³/mol. The lowest BCUT2D eigenvalue weighted by molar-refractivity contribution is -0.203. The molecule has 0 saturated carbocycles. The van der Waals surface area contributed by atoms with E-state index in [9.17, 15) is 4.79 Å². The Labute approximate surface area is 90.2 Å². The Morgan fingerprint density at radius 2 is 2.33 bits per heavy atom. The summed E-state index contributed by atoms with van der Waals surface area (Å²) in [5.74, 6) is -0.460. The molecule has 0 aromatic rings. The zero-order chi connectivity index (χ0) is 11.3. The summed E-state index contributed by atoms with van der Waals surface area (Å²) in [6, 6.07) is 0. The first-order valence-corrected chi connectivity index (χ1v) is 5.14. The van der Waals surface area contributed by atoms with Gasteiger partial charge in [-0.3, -0.25) is 0 Å². The van der Waals surface area contributed by atoms with Crippen molar-refractivity contribution in [1.29, 1.82) is 0 Å². The largest absolute Gasteiger partial charge is 0.433 e. The average molecular weight is 214 g/mol. The smallest absolute Gasteiger partial charge is 0.332 e. The molecule has 1 atom stereocenters. The topological polar surface area (TPSA) is 44.8 Å². The quantitative estimate of drug-likeness (QED) is 0.382. The zero-order valence-electron chi connectivity index (χ0n) is 9.32. The van der Waals surface area contributed by atoms with Crippen molar-refractivity contribution < 1.29 is 19.0 Å². The molecular weight excluding hydrogens is 196 g/mol. The molecule has 0 bridgehead atoms. The lowest BCUT2D eigenvalue weighted by Gasteiger charge is -2.40. The van der Waals surface area contributed by atoms with E-state index < -0.39 is 12.3 Å². The molecule has 0 aliphatic carbocycles. The number of hydrogen-bond acceptors (Lipinski definition) is 4. The van der Waals surface area contributed by atoms with E-state index in [4.69, 9.17) is 14.2 Å². The third-order valence-electron chi connectivity index (χ3n) is 2.64. The van der Waals surface area contributed by atoms with Crippen molar-refractivity contribution in [1.82, 2.24) is 0 Å². The van der Waals surface area contributed by atoms with Gasteiger partial charge in [0.25, 0.3) is 0 Å². The van der Waals surface area contributed by atoms with Gasteiger partial charge in [0.15, 0.2) is 6.29 Å². The molecule has 4 heteroatoms. The molecule has 15 heavy (non-hydrogen) atoms. The minimum atomic E-state index is -0.528. The number of hydrogen-bond donors (Lipinski definition) is 0. The van der Waals surface area contributed by atoms with E-state index in [1.54, 1.807) is 6.92 Å². The second kappa shape index (κ2) is 5.28. The minimum absolute atomic E-state index is 0.120. The van der Waals surface area contributed by atoms with Gasteiger partial charge >= 0.3 is 5.97 Å². The Morgan fingerprint density at radius 1 is 1.67 bits per heavy atom. The molecule has 0 N–H and O–H groups in total. The molecule has 0 radical (unpaired) electrons. The summed E-state index contributed by atoms with van der Waals surface area (Å²) in [5, 5.41) is 0. The third kappa shape index (κ3) is 3.32. The van der Waals surface area contributed by atoms with Crippen LogP contribution in [-0.4, -0.2) is 32.1 Å². The van der Waals surface area contributed by atoms with E-state index in [0.29, 0.717) is 6.61 Å². The fourth-order valence-electron chi connectivity index (χ4n) is 1.32. The molecule has 1 fully saturated rings. The van der Waals surface area contributed by atoms with Gasteiger partial charge in [0, 0.05) is 11.5 Å². The molecule has 0 aromatic heterocycles. The number of rotatable bonds is 6. The van der Waals surface area contributed by atoms with Gasteiger partial charge in [0.05, 0.1) is 19.8 Å². The minimum Gasteiger partial charge on any atom is -0.433 e. The van der Waals surface area contributed by atoms with Crippen LogP contribution in [-0.2, 0) is 19.0 Å². The van der Waals surface area contributed by atoms with Crippen LogP contribution in [0.25, 0.3) is 0 Å². The van der Waals surface area contributed by atoms with Gasteiger partial charge in [-0.2, -0.15) is 0 Å². The monoisotopic (exact) mass is 214 g/mol. The van der Waals surface area contributed by atoms with E-state index >= 15 is 0 Å². The first-order valence-electron chi connectivity index (χ1n) is 5.14. The number of esters is 1. The van der Waals surface area contributed by atoms with Gasteiger partial charge in [-0.1, -0.05) is 13.5 Å². The molecule has 0 aromatic carbocycles. The van der Waals surface area contributed by atoms with Crippen molar-refractivity contribution in [2.24, 2.45) is 5.41 Å². The fraction of sp³-hybridized carbons (Fsp3) is 0.727. The van der Waals surface area contributed by atoms with Crippen LogP contribution >= 0.6 is 0 Å². The highest BCUT2D eigenvalue weighted by Crippen LogP contribution is 2.31. The highest BCUT2D eigenvalue weighted by atomic mass is 16.7. The van der Waals surface area contributed by atoms with Gasteiger partial charge in [0.1, 0.15) is 0 Å². The summed E-state index contributed by atoms with van der Waals surface area (Å²) >= 11 is 0. The first-order chi connectivity index (χ1) is 7.12. The van der Waals surface area contributed by atoms with Crippen molar-refractivity contribution in [3.63, 3.8) is 0 Å². The van der Waals surface area contributed by atoms with Crippen LogP contribution in [0.5, 0.6) is 0 Å². The lowest BCUT2D eigenvalue weighted by atomic mass is 9.84. The highest BCUT2D eigenvalue weighted by Gasteiger charge is 2.37. The maximum atomic E-state index is 10.9. The average Bonchev–Trinajstić information content (AvgIpc) is 2.16. The Bertz CT molecular complexity index is 227. The normalized spacial score (nSPS) is 20.1. The molecular formula is C11H18O4. The highest BCUT2D eigenvalue weighted by molar-refractivity contribution is 5.81. The Morgan fingerprint density at radius 3 is 2.73 bits per heavy atom. The number of carbonyl (C=O) groups excluding carboxylic acids is 1. The Kier molecular flexibility index (Phi) is 4.29. The van der Waals surface area contributed by atoms with Gasteiger partial charge in [-0.25, -0.2) is 4.79 Å². The van der Waals surface area contributed by atoms with Gasteiger partial charge < -0.3 is 14.2 Å². The Balaban J connectivity index is 2.23. The Hall–Kier alpha value is -0.870. The van der Waals surface area contributed by atoms with Crippen molar-refractivity contribution in [2.75, 3.05) is 19.8 Å². The van der Waals surface area contributed by atoms with E-state index in [1.807, 2.05) is 0 Å². The molecule has 1 aliphatic heterocycles. The van der Waals surface area contributed by atoms with Gasteiger partial charge in [0.2, 0.25) is 0 Å². The fourth-order valence-corrected chi connectivity index (χ4v) is 1.32. The van der Waals surface area contributed by atoms with Crippen LogP contribution in [0, 0.1) is 5.41 Å². The molecule has 1 unspecified atom stereocenters. The summed E-state index contributed by atoms with van der Waals surface area (Å²) in [6.07, 6.45) is 1.61. The van der Waals surface area contributed by atoms with Crippen LogP contribution in [0.4, 0.5) is 0 Å². The van der Waals surface area contributed by atoms with Gasteiger partial charge in [-0.05, 0) is 13.3 Å². The molecule has 1 saturated heterocycles. The summed E-state index contributed by atoms with van der Waals surface area (Å²) in [5.41, 5.74) is 0.120. The van der Waals surface area contributed by atoms with E-state index in [-0.39, 0.29) is 5.41 Å². The van der Waals surface area contributed by atoms with Crippen molar-refractivity contribution in [3.8, 4) is 0 Å². The van der Waals surface area contributed by atoms with Crippen molar-refractivity contribution in [2.45, 2.75) is 26.6 Å². The van der Waals surface area contributed by atoms with Crippen LogP contribution in [0.2, 0.25) is 0 Å². The van der Waals surface area contributed by atoms with Crippen molar-refractivity contribution in [3.05, 3.63) is 12.7 Å². The predicted octanol–water partition coefficient (Wildman–Crippen LogP) is 1.50. The molecule has 1 heterocycles. The molecule has 86 valence electrons. The van der Waals surface area contributed by atoms with E-state index in [2.05, 4.69) is 13.5 Å². The standard InChI is InChI=1S/C11H18O4/c1-4-10(12)15-9(3)14-8-11(5-2)6-13-7-11/h4,9H,1,5-8H2,2-3H3. The molecule has 1 rings (SSSR count). The molecule has 1 aliphatic rings. The molecule has 0 amide bonds.